The molecule has 0 aromatic rings. The predicted molar refractivity (Wildman–Crippen MR) is 94.1 cm³/mol. The van der Waals surface area contributed by atoms with E-state index in [1.807, 2.05) is 19.2 Å². The van der Waals surface area contributed by atoms with Gasteiger partial charge in [0.15, 0.2) is 6.61 Å². The second kappa shape index (κ2) is 8.96. The first-order valence-electron chi connectivity index (χ1n) is 9.33. The van der Waals surface area contributed by atoms with Gasteiger partial charge in [-0.25, -0.2) is 9.59 Å². The third kappa shape index (κ3) is 5.05. The summed E-state index contributed by atoms with van der Waals surface area (Å²) in [7, 11) is 0. The van der Waals surface area contributed by atoms with Crippen LogP contribution in [0, 0.1) is 17.8 Å². The van der Waals surface area contributed by atoms with E-state index in [-0.39, 0.29) is 29.6 Å². The molecule has 1 aliphatic heterocycles. The Morgan fingerprint density at radius 2 is 1.63 bits per heavy atom. The number of urea groups is 1. The SMILES string of the molecule is CC(C)CNC(=O)NC(=O)COC(=O)[C@H](C)N1C(=O)[C@H]2CCCC[C@@H]2C1=O. The summed E-state index contributed by atoms with van der Waals surface area (Å²) in [4.78, 5) is 61.3. The van der Waals surface area contributed by atoms with Gasteiger partial charge in [0, 0.05) is 6.54 Å². The summed E-state index contributed by atoms with van der Waals surface area (Å²) in [6.07, 6.45) is 3.10. The van der Waals surface area contributed by atoms with Crippen LogP contribution in [-0.4, -0.2) is 53.8 Å². The molecule has 27 heavy (non-hydrogen) atoms. The van der Waals surface area contributed by atoms with Crippen LogP contribution in [0.5, 0.6) is 0 Å². The van der Waals surface area contributed by atoms with Crippen molar-refractivity contribution in [2.24, 2.45) is 17.8 Å². The number of likely N-dealkylation sites (tertiary alicyclic amines) is 1. The Labute approximate surface area is 158 Å². The van der Waals surface area contributed by atoms with E-state index in [9.17, 15) is 24.0 Å². The number of rotatable bonds is 6. The van der Waals surface area contributed by atoms with Gasteiger partial charge in [0.25, 0.3) is 5.91 Å². The number of carbonyl (C=O) groups is 5. The predicted octanol–water partition coefficient (Wildman–Crippen LogP) is 0.575. The number of esters is 1. The minimum absolute atomic E-state index is 0.226. The molecular formula is C18H27N3O6. The number of fused-ring (bicyclic) bond motifs is 1. The molecule has 0 bridgehead atoms. The maximum absolute atomic E-state index is 12.5. The molecule has 3 atom stereocenters. The van der Waals surface area contributed by atoms with E-state index < -0.39 is 30.6 Å². The second-order valence-electron chi connectivity index (χ2n) is 7.48. The van der Waals surface area contributed by atoms with Crippen LogP contribution in [-0.2, 0) is 23.9 Å². The number of nitrogens with one attached hydrogen (secondary N) is 2. The number of carbonyl (C=O) groups excluding carboxylic acids is 5. The van der Waals surface area contributed by atoms with E-state index in [2.05, 4.69) is 5.32 Å². The topological polar surface area (TPSA) is 122 Å². The summed E-state index contributed by atoms with van der Waals surface area (Å²) in [5, 5.41) is 4.54. The van der Waals surface area contributed by atoms with Crippen LogP contribution < -0.4 is 10.6 Å². The van der Waals surface area contributed by atoms with Gasteiger partial charge >= 0.3 is 12.0 Å². The number of ether oxygens (including phenoxy) is 1. The summed E-state index contributed by atoms with van der Waals surface area (Å²) in [5.41, 5.74) is 0. The summed E-state index contributed by atoms with van der Waals surface area (Å²) in [6.45, 7) is 4.95. The van der Waals surface area contributed by atoms with E-state index >= 15 is 0 Å². The largest absolute Gasteiger partial charge is 0.454 e. The molecule has 1 aliphatic carbocycles. The van der Waals surface area contributed by atoms with Crippen LogP contribution in [0.15, 0.2) is 0 Å². The minimum atomic E-state index is -1.10. The lowest BCUT2D eigenvalue weighted by atomic mass is 9.81. The Morgan fingerprint density at radius 3 is 2.15 bits per heavy atom. The molecule has 0 unspecified atom stereocenters. The molecule has 1 saturated carbocycles. The van der Waals surface area contributed by atoms with Crippen molar-refractivity contribution in [1.82, 2.24) is 15.5 Å². The number of imide groups is 2. The van der Waals surface area contributed by atoms with Crippen molar-refractivity contribution >= 4 is 29.7 Å². The zero-order chi connectivity index (χ0) is 20.1. The van der Waals surface area contributed by atoms with E-state index in [4.69, 9.17) is 4.74 Å². The standard InChI is InChI=1S/C18H27N3O6/c1-10(2)8-19-18(26)20-14(22)9-27-17(25)11(3)21-15(23)12-6-4-5-7-13(12)16(21)24/h10-13H,4-9H2,1-3H3,(H2,19,20,22,26)/t11-,12-,13-/m0/s1. The molecule has 0 aromatic heterocycles. The average Bonchev–Trinajstić information content (AvgIpc) is 2.88. The van der Waals surface area contributed by atoms with Gasteiger partial charge in [0.1, 0.15) is 6.04 Å². The molecule has 5 amide bonds. The lowest BCUT2D eigenvalue weighted by Gasteiger charge is -2.21. The molecular weight excluding hydrogens is 354 g/mol. The summed E-state index contributed by atoms with van der Waals surface area (Å²) < 4.78 is 4.88. The third-order valence-electron chi connectivity index (χ3n) is 4.87. The first-order chi connectivity index (χ1) is 12.7. The van der Waals surface area contributed by atoms with Crippen molar-refractivity contribution < 1.29 is 28.7 Å². The van der Waals surface area contributed by atoms with Crippen LogP contribution in [0.2, 0.25) is 0 Å². The summed E-state index contributed by atoms with van der Waals surface area (Å²) >= 11 is 0. The van der Waals surface area contributed by atoms with Gasteiger partial charge in [-0.05, 0) is 25.7 Å². The zero-order valence-corrected chi connectivity index (χ0v) is 15.9. The Morgan fingerprint density at radius 1 is 1.07 bits per heavy atom. The Kier molecular flexibility index (Phi) is 6.92. The fraction of sp³-hybridized carbons (Fsp3) is 0.722. The summed E-state index contributed by atoms with van der Waals surface area (Å²) in [6, 6.07) is -1.77. The van der Waals surface area contributed by atoms with Crippen LogP contribution in [0.1, 0.15) is 46.5 Å². The molecule has 2 aliphatic rings. The van der Waals surface area contributed by atoms with Gasteiger partial charge in [0.2, 0.25) is 11.8 Å². The molecule has 0 aromatic carbocycles. The molecule has 9 heteroatoms. The first kappa shape index (κ1) is 20.9. The minimum Gasteiger partial charge on any atom is -0.454 e. The number of hydrogen-bond donors (Lipinski definition) is 2. The van der Waals surface area contributed by atoms with Crippen molar-refractivity contribution in [3.8, 4) is 0 Å². The van der Waals surface area contributed by atoms with Crippen LogP contribution in [0.25, 0.3) is 0 Å². The fourth-order valence-corrected chi connectivity index (χ4v) is 3.44. The van der Waals surface area contributed by atoms with Crippen LogP contribution >= 0.6 is 0 Å². The number of amides is 5. The Hall–Kier alpha value is -2.45. The molecule has 1 heterocycles. The quantitative estimate of drug-likeness (QED) is 0.512. The van der Waals surface area contributed by atoms with E-state index in [1.54, 1.807) is 0 Å². The van der Waals surface area contributed by atoms with Crippen LogP contribution in [0.4, 0.5) is 4.79 Å². The second-order valence-corrected chi connectivity index (χ2v) is 7.48. The Bertz CT molecular complexity index is 609. The molecule has 1 saturated heterocycles. The highest BCUT2D eigenvalue weighted by molar-refractivity contribution is 6.08. The third-order valence-corrected chi connectivity index (χ3v) is 4.87. The highest BCUT2D eigenvalue weighted by atomic mass is 16.5. The molecule has 2 N–H and O–H groups in total. The average molecular weight is 381 g/mol. The van der Waals surface area contributed by atoms with Gasteiger partial charge in [0.05, 0.1) is 11.8 Å². The number of nitrogens with zero attached hydrogens (tertiary/aromatic N) is 1. The maximum atomic E-state index is 12.5. The highest BCUT2D eigenvalue weighted by Crippen LogP contribution is 2.38. The van der Waals surface area contributed by atoms with Crippen molar-refractivity contribution in [3.63, 3.8) is 0 Å². The molecule has 2 fully saturated rings. The number of hydrogen-bond acceptors (Lipinski definition) is 6. The lowest BCUT2D eigenvalue weighted by Crippen LogP contribution is -2.46. The fourth-order valence-electron chi connectivity index (χ4n) is 3.44. The monoisotopic (exact) mass is 381 g/mol. The smallest absolute Gasteiger partial charge is 0.329 e. The zero-order valence-electron chi connectivity index (χ0n) is 15.9. The molecule has 2 rings (SSSR count). The molecule has 9 nitrogen and oxygen atoms in total. The van der Waals surface area contributed by atoms with Crippen molar-refractivity contribution in [2.45, 2.75) is 52.5 Å². The van der Waals surface area contributed by atoms with E-state index in [0.717, 1.165) is 17.7 Å². The van der Waals surface area contributed by atoms with Crippen molar-refractivity contribution in [3.05, 3.63) is 0 Å². The van der Waals surface area contributed by atoms with Gasteiger partial charge in [-0.15, -0.1) is 0 Å². The van der Waals surface area contributed by atoms with E-state index in [1.165, 1.54) is 6.92 Å². The summed E-state index contributed by atoms with van der Waals surface area (Å²) in [5.74, 6) is -2.80. The van der Waals surface area contributed by atoms with E-state index in [0.29, 0.717) is 19.4 Å². The van der Waals surface area contributed by atoms with Gasteiger partial charge < -0.3 is 10.1 Å². The van der Waals surface area contributed by atoms with Crippen molar-refractivity contribution in [1.29, 1.82) is 0 Å². The Balaban J connectivity index is 1.83. The van der Waals surface area contributed by atoms with Gasteiger partial charge in [-0.2, -0.15) is 0 Å². The highest BCUT2D eigenvalue weighted by Gasteiger charge is 2.51. The lowest BCUT2D eigenvalue weighted by molar-refractivity contribution is -0.159. The molecule has 0 spiro atoms. The van der Waals surface area contributed by atoms with Crippen LogP contribution in [0.3, 0.4) is 0 Å². The van der Waals surface area contributed by atoms with Crippen molar-refractivity contribution in [2.75, 3.05) is 13.2 Å². The first-order valence-corrected chi connectivity index (χ1v) is 9.33. The van der Waals surface area contributed by atoms with Gasteiger partial charge in [-0.1, -0.05) is 26.7 Å². The molecule has 150 valence electrons. The maximum Gasteiger partial charge on any atom is 0.329 e. The molecule has 0 radical (unpaired) electrons. The normalized spacial score (nSPS) is 23.0. The van der Waals surface area contributed by atoms with Gasteiger partial charge in [-0.3, -0.25) is 24.6 Å².